The van der Waals surface area contributed by atoms with Gasteiger partial charge in [0, 0.05) is 17.8 Å². The zero-order chi connectivity index (χ0) is 24.0. The Labute approximate surface area is 205 Å². The van der Waals surface area contributed by atoms with Gasteiger partial charge in [-0.3, -0.25) is 4.79 Å². The molecule has 35 heavy (non-hydrogen) atoms. The lowest BCUT2D eigenvalue weighted by Crippen LogP contribution is -2.35. The molecule has 2 N–H and O–H groups in total. The summed E-state index contributed by atoms with van der Waals surface area (Å²) in [7, 11) is 0. The van der Waals surface area contributed by atoms with Crippen LogP contribution in [-0.2, 0) is 17.8 Å². The van der Waals surface area contributed by atoms with Crippen molar-refractivity contribution in [3.8, 4) is 0 Å². The Morgan fingerprint density at radius 3 is 2.00 bits per heavy atom. The molecule has 0 radical (unpaired) electrons. The van der Waals surface area contributed by atoms with E-state index in [1.165, 1.54) is 0 Å². The molecular formula is C30H27N3O2. The summed E-state index contributed by atoms with van der Waals surface area (Å²) in [6.07, 6.45) is 1.12. The number of fused-ring (bicyclic) bond motifs is 1. The largest absolute Gasteiger partial charge is 0.327 e. The first kappa shape index (κ1) is 22.4. The molecule has 1 aliphatic heterocycles. The van der Waals surface area contributed by atoms with E-state index in [9.17, 15) is 9.59 Å². The molecule has 1 heterocycles. The van der Waals surface area contributed by atoms with Crippen LogP contribution >= 0.6 is 0 Å². The third-order valence-corrected chi connectivity index (χ3v) is 6.26. The number of benzene rings is 4. The monoisotopic (exact) mass is 461 g/mol. The van der Waals surface area contributed by atoms with Crippen molar-refractivity contribution >= 4 is 23.3 Å². The second-order valence-corrected chi connectivity index (χ2v) is 8.66. The Balaban J connectivity index is 1.33. The first-order valence-electron chi connectivity index (χ1n) is 11.8. The quantitative estimate of drug-likeness (QED) is 0.366. The lowest BCUT2D eigenvalue weighted by atomic mass is 9.99. The Morgan fingerprint density at radius 2 is 1.37 bits per heavy atom. The molecule has 4 aromatic rings. The van der Waals surface area contributed by atoms with Crippen LogP contribution in [0.4, 0.5) is 16.2 Å². The van der Waals surface area contributed by atoms with Gasteiger partial charge in [-0.2, -0.15) is 0 Å². The van der Waals surface area contributed by atoms with Gasteiger partial charge in [-0.1, -0.05) is 91.0 Å². The van der Waals surface area contributed by atoms with Crippen molar-refractivity contribution in [1.82, 2.24) is 5.32 Å². The Kier molecular flexibility index (Phi) is 6.57. The smallest absolute Gasteiger partial charge is 0.319 e. The van der Waals surface area contributed by atoms with Crippen LogP contribution in [0.25, 0.3) is 0 Å². The van der Waals surface area contributed by atoms with E-state index in [4.69, 9.17) is 0 Å². The van der Waals surface area contributed by atoms with Gasteiger partial charge >= 0.3 is 6.03 Å². The first-order valence-corrected chi connectivity index (χ1v) is 11.8. The van der Waals surface area contributed by atoms with Crippen molar-refractivity contribution in [2.24, 2.45) is 0 Å². The van der Waals surface area contributed by atoms with E-state index in [0.717, 1.165) is 27.9 Å². The molecule has 5 heteroatoms. The number of urea groups is 1. The topological polar surface area (TPSA) is 61.4 Å². The molecule has 0 bridgehead atoms. The fourth-order valence-electron chi connectivity index (χ4n) is 4.53. The zero-order valence-electron chi connectivity index (χ0n) is 19.4. The molecule has 0 saturated heterocycles. The van der Waals surface area contributed by atoms with Crippen LogP contribution in [-0.4, -0.2) is 11.9 Å². The van der Waals surface area contributed by atoms with Crippen molar-refractivity contribution in [3.63, 3.8) is 0 Å². The fraction of sp³-hybridized carbons (Fsp3) is 0.133. The second-order valence-electron chi connectivity index (χ2n) is 8.66. The number of hydrogen-bond donors (Lipinski definition) is 2. The van der Waals surface area contributed by atoms with Crippen molar-refractivity contribution in [3.05, 3.63) is 131 Å². The number of carbonyl (C=O) groups excluding carboxylic acids is 2. The molecule has 0 atom stereocenters. The van der Waals surface area contributed by atoms with Crippen molar-refractivity contribution in [1.29, 1.82) is 0 Å². The van der Waals surface area contributed by atoms with Gasteiger partial charge in [0.2, 0.25) is 5.91 Å². The number of amides is 3. The predicted molar refractivity (Wildman–Crippen MR) is 139 cm³/mol. The van der Waals surface area contributed by atoms with Crippen LogP contribution in [0.3, 0.4) is 0 Å². The molecule has 0 unspecified atom stereocenters. The molecule has 1 aliphatic rings. The van der Waals surface area contributed by atoms with E-state index < -0.39 is 0 Å². The summed E-state index contributed by atoms with van der Waals surface area (Å²) in [6.45, 7) is 0.537. The molecule has 3 amide bonds. The highest BCUT2D eigenvalue weighted by molar-refractivity contribution is 5.97. The lowest BCUT2D eigenvalue weighted by Gasteiger charge is -2.30. The number of anilines is 2. The highest BCUT2D eigenvalue weighted by Gasteiger charge is 2.25. The molecule has 174 valence electrons. The third-order valence-electron chi connectivity index (χ3n) is 6.26. The number of nitrogens with one attached hydrogen (secondary N) is 2. The van der Waals surface area contributed by atoms with Crippen LogP contribution in [0.1, 0.15) is 34.7 Å². The molecule has 0 spiro atoms. The maximum atomic E-state index is 13.0. The maximum absolute atomic E-state index is 13.0. The fourth-order valence-corrected chi connectivity index (χ4v) is 4.53. The van der Waals surface area contributed by atoms with Crippen LogP contribution in [0.15, 0.2) is 109 Å². The van der Waals surface area contributed by atoms with Crippen molar-refractivity contribution < 1.29 is 9.59 Å². The second kappa shape index (κ2) is 10.3. The first-order chi connectivity index (χ1) is 17.2. The van der Waals surface area contributed by atoms with Gasteiger partial charge in [0.25, 0.3) is 0 Å². The summed E-state index contributed by atoms with van der Waals surface area (Å²) in [6, 6.07) is 35.0. The maximum Gasteiger partial charge on any atom is 0.319 e. The summed E-state index contributed by atoms with van der Waals surface area (Å²) in [4.78, 5) is 27.5. The minimum Gasteiger partial charge on any atom is -0.327 e. The summed E-state index contributed by atoms with van der Waals surface area (Å²) in [5.74, 6) is 0.119. The van der Waals surface area contributed by atoms with Gasteiger partial charge in [-0.15, -0.1) is 0 Å². The zero-order valence-corrected chi connectivity index (χ0v) is 19.4. The van der Waals surface area contributed by atoms with Crippen LogP contribution in [0.2, 0.25) is 0 Å². The normalized spacial score (nSPS) is 12.8. The number of aryl methyl sites for hydroxylation is 1. The number of carbonyl (C=O) groups is 2. The average Bonchev–Trinajstić information content (AvgIpc) is 2.90. The standard InChI is InChI=1S/C30H27N3O2/c34-28-19-16-25-20-26(17-18-27(25)33(28)21-22-10-4-1-5-11-22)31-30(35)32-29(23-12-6-2-7-13-23)24-14-8-3-9-15-24/h1-15,17-18,20,29H,16,19,21H2,(H2,31,32,35). The van der Waals surface area contributed by atoms with E-state index in [2.05, 4.69) is 10.6 Å². The van der Waals surface area contributed by atoms with E-state index in [-0.39, 0.29) is 18.0 Å². The Bertz CT molecular complexity index is 1270. The highest BCUT2D eigenvalue weighted by Crippen LogP contribution is 2.32. The molecule has 0 saturated carbocycles. The summed E-state index contributed by atoms with van der Waals surface area (Å²) < 4.78 is 0. The van der Waals surface area contributed by atoms with Crippen LogP contribution in [0, 0.1) is 0 Å². The minimum atomic E-state index is -0.282. The average molecular weight is 462 g/mol. The van der Waals surface area contributed by atoms with Gasteiger partial charge in [0.05, 0.1) is 12.6 Å². The highest BCUT2D eigenvalue weighted by atomic mass is 16.2. The molecule has 0 aliphatic carbocycles. The van der Waals surface area contributed by atoms with E-state index >= 15 is 0 Å². The van der Waals surface area contributed by atoms with Gasteiger partial charge < -0.3 is 15.5 Å². The van der Waals surface area contributed by atoms with Crippen LogP contribution in [0.5, 0.6) is 0 Å². The summed E-state index contributed by atoms with van der Waals surface area (Å²) >= 11 is 0. The lowest BCUT2D eigenvalue weighted by molar-refractivity contribution is -0.119. The van der Waals surface area contributed by atoms with Gasteiger partial charge in [-0.25, -0.2) is 4.79 Å². The molecule has 0 fully saturated rings. The predicted octanol–water partition coefficient (Wildman–Crippen LogP) is 6.08. The Hall–Kier alpha value is -4.38. The van der Waals surface area contributed by atoms with Crippen molar-refractivity contribution in [2.45, 2.75) is 25.4 Å². The van der Waals surface area contributed by atoms with E-state index in [0.29, 0.717) is 25.1 Å². The van der Waals surface area contributed by atoms with Gasteiger partial charge in [0.1, 0.15) is 0 Å². The van der Waals surface area contributed by atoms with Crippen LogP contribution < -0.4 is 15.5 Å². The summed E-state index contributed by atoms with van der Waals surface area (Å²) in [5, 5.41) is 6.10. The van der Waals surface area contributed by atoms with E-state index in [1.807, 2.05) is 114 Å². The number of nitrogens with zero attached hydrogens (tertiary/aromatic N) is 1. The number of hydrogen-bond acceptors (Lipinski definition) is 2. The molecule has 5 rings (SSSR count). The third kappa shape index (κ3) is 5.25. The molecule has 0 aromatic heterocycles. The SMILES string of the molecule is O=C(Nc1ccc2c(c1)CCC(=O)N2Cc1ccccc1)NC(c1ccccc1)c1ccccc1. The van der Waals surface area contributed by atoms with Gasteiger partial charge in [-0.05, 0) is 46.9 Å². The van der Waals surface area contributed by atoms with E-state index in [1.54, 1.807) is 0 Å². The molecule has 5 nitrogen and oxygen atoms in total. The molecular weight excluding hydrogens is 434 g/mol. The van der Waals surface area contributed by atoms with Crippen molar-refractivity contribution in [2.75, 3.05) is 10.2 Å². The minimum absolute atomic E-state index is 0.119. The van der Waals surface area contributed by atoms with Gasteiger partial charge in [0.15, 0.2) is 0 Å². The molecule has 4 aromatic carbocycles. The Morgan fingerprint density at radius 1 is 0.771 bits per heavy atom. The summed E-state index contributed by atoms with van der Waals surface area (Å²) in [5.41, 5.74) is 5.77. The number of rotatable bonds is 6.